The van der Waals surface area contributed by atoms with Crippen LogP contribution in [0.5, 0.6) is 0 Å². The van der Waals surface area contributed by atoms with E-state index in [1.807, 2.05) is 0 Å². The molecular weight excluding hydrogens is 707 g/mol. The van der Waals surface area contributed by atoms with Gasteiger partial charge in [-0.2, -0.15) is 19.9 Å². The molecule has 12 heteroatoms. The first-order valence-electron chi connectivity index (χ1n) is 20.1. The topological polar surface area (TPSA) is 157 Å². The summed E-state index contributed by atoms with van der Waals surface area (Å²) in [4.78, 5) is 49.8. The van der Waals surface area contributed by atoms with Gasteiger partial charge >= 0.3 is 11.9 Å². The molecule has 1 aromatic heterocycles. The quantitative estimate of drug-likeness (QED) is 0.0516. The van der Waals surface area contributed by atoms with Crippen molar-refractivity contribution in [2.75, 3.05) is 29.2 Å². The number of rotatable bonds is 22. The normalized spacial score (nSPS) is 11.8. The lowest BCUT2D eigenvalue weighted by molar-refractivity contribution is 0.0419. The lowest BCUT2D eigenvalue weighted by Crippen LogP contribution is -2.14. The van der Waals surface area contributed by atoms with Gasteiger partial charge < -0.3 is 25.4 Å². The summed E-state index contributed by atoms with van der Waals surface area (Å²) in [6, 6.07) is 21.1. The highest BCUT2D eigenvalue weighted by atomic mass is 16.5. The zero-order valence-electron chi connectivity index (χ0n) is 34.3. The molecule has 2 atom stereocenters. The van der Waals surface area contributed by atoms with E-state index in [9.17, 15) is 14.5 Å². The third kappa shape index (κ3) is 16.5. The zero-order chi connectivity index (χ0) is 40.7. The lowest BCUT2D eigenvalue weighted by Gasteiger charge is -2.15. The van der Waals surface area contributed by atoms with Crippen LogP contribution in [0.1, 0.15) is 126 Å². The second-order valence-electron chi connectivity index (χ2n) is 14.6. The Morgan fingerprint density at radius 1 is 0.589 bits per heavy atom. The molecule has 0 aliphatic rings. The van der Waals surface area contributed by atoms with E-state index in [2.05, 4.69) is 84.5 Å². The summed E-state index contributed by atoms with van der Waals surface area (Å²) in [6.07, 6.45) is 8.51. The average molecular weight is 768 g/mol. The van der Waals surface area contributed by atoms with Gasteiger partial charge in [-0.1, -0.05) is 104 Å². The molecule has 4 rings (SSSR count). The van der Waals surface area contributed by atoms with E-state index in [0.717, 1.165) is 62.8 Å². The molecular formula is C44H61N7O5. The number of aromatic nitrogens is 3. The van der Waals surface area contributed by atoms with Crippen molar-refractivity contribution in [3.8, 4) is 0 Å². The van der Waals surface area contributed by atoms with Crippen LogP contribution in [0.4, 0.5) is 34.9 Å². The Balaban J connectivity index is 0.00000200. The Kier molecular flexibility index (Phi) is 20.0. The molecule has 0 saturated heterocycles. The van der Waals surface area contributed by atoms with Crippen LogP contribution in [0.2, 0.25) is 0 Å². The van der Waals surface area contributed by atoms with Gasteiger partial charge in [0.05, 0.1) is 24.3 Å². The summed E-state index contributed by atoms with van der Waals surface area (Å²) in [5, 5.41) is 12.5. The lowest BCUT2D eigenvalue weighted by atomic mass is 10.0. The number of carbonyl (C=O) groups excluding carboxylic acids is 2. The number of unbranched alkanes of at least 4 members (excludes halogenated alkanes) is 2. The molecule has 12 nitrogen and oxygen atoms in total. The van der Waals surface area contributed by atoms with E-state index in [4.69, 9.17) is 9.47 Å². The average Bonchev–Trinajstić information content (AvgIpc) is 3.19. The number of nitrogens with one attached hydrogen (secondary N) is 3. The van der Waals surface area contributed by atoms with E-state index >= 15 is 0 Å². The number of hydrogen-bond donors (Lipinski definition) is 3. The highest BCUT2D eigenvalue weighted by Gasteiger charge is 2.15. The maximum atomic E-state index is 12.7. The number of ether oxygens (including phenoxy) is 2. The Bertz CT molecular complexity index is 1650. The van der Waals surface area contributed by atoms with Gasteiger partial charge in [-0.05, 0) is 96.8 Å². The molecule has 0 amide bonds. The fraction of sp³-hybridized carbons (Fsp3) is 0.477. The fourth-order valence-electron chi connectivity index (χ4n) is 5.43. The molecule has 302 valence electrons. The number of carbonyl (C=O) groups is 2. The summed E-state index contributed by atoms with van der Waals surface area (Å²) >= 11 is 0. The third-order valence-electron chi connectivity index (χ3n) is 8.83. The van der Waals surface area contributed by atoms with Crippen LogP contribution in [0.25, 0.3) is 0 Å². The van der Waals surface area contributed by atoms with Gasteiger partial charge in [-0.25, -0.2) is 9.59 Å². The highest BCUT2D eigenvalue weighted by Crippen LogP contribution is 2.23. The second kappa shape index (κ2) is 24.9. The minimum Gasteiger partial charge on any atom is -0.462 e. The first-order chi connectivity index (χ1) is 27.1. The maximum absolute atomic E-state index is 12.7. The zero-order valence-corrected chi connectivity index (χ0v) is 34.3. The Morgan fingerprint density at radius 3 is 1.23 bits per heavy atom. The van der Waals surface area contributed by atoms with Crippen molar-refractivity contribution in [1.29, 1.82) is 0 Å². The molecule has 0 aliphatic carbocycles. The van der Waals surface area contributed by atoms with Gasteiger partial charge in [-0.15, -0.1) is 0 Å². The molecule has 3 N–H and O–H groups in total. The van der Waals surface area contributed by atoms with Crippen molar-refractivity contribution < 1.29 is 19.1 Å². The second-order valence-corrected chi connectivity index (χ2v) is 14.6. The summed E-state index contributed by atoms with van der Waals surface area (Å²) < 4.78 is 11.2. The molecule has 0 spiro atoms. The van der Waals surface area contributed by atoms with Gasteiger partial charge in [-0.3, -0.25) is 0 Å². The van der Waals surface area contributed by atoms with Crippen molar-refractivity contribution in [3.63, 3.8) is 0 Å². The predicted octanol–water partition coefficient (Wildman–Crippen LogP) is 11.8. The van der Waals surface area contributed by atoms with Gasteiger partial charge in [0.2, 0.25) is 17.8 Å². The predicted molar refractivity (Wildman–Crippen MR) is 226 cm³/mol. The van der Waals surface area contributed by atoms with Crippen LogP contribution in [0, 0.1) is 22.7 Å². The van der Waals surface area contributed by atoms with Crippen molar-refractivity contribution in [1.82, 2.24) is 15.0 Å². The number of nitroso groups, excluding NO2 is 1. The van der Waals surface area contributed by atoms with E-state index in [-0.39, 0.29) is 36.3 Å². The van der Waals surface area contributed by atoms with Crippen LogP contribution in [0.3, 0.4) is 0 Å². The first kappa shape index (κ1) is 45.0. The van der Waals surface area contributed by atoms with Gasteiger partial charge in [0, 0.05) is 17.1 Å². The van der Waals surface area contributed by atoms with Crippen LogP contribution in [0.15, 0.2) is 78.0 Å². The first-order valence-corrected chi connectivity index (χ1v) is 20.1. The Hall–Kier alpha value is -5.39. The Morgan fingerprint density at radius 2 is 0.929 bits per heavy atom. The summed E-state index contributed by atoms with van der Waals surface area (Å²) in [5.41, 5.74) is 3.70. The van der Waals surface area contributed by atoms with Gasteiger partial charge in [0.15, 0.2) is 0 Å². The Labute approximate surface area is 333 Å². The number of benzene rings is 3. The van der Waals surface area contributed by atoms with Crippen LogP contribution in [-0.4, -0.2) is 40.1 Å². The monoisotopic (exact) mass is 767 g/mol. The molecule has 0 fully saturated rings. The summed E-state index contributed by atoms with van der Waals surface area (Å²) in [5.74, 6) is 1.58. The molecule has 3 aromatic carbocycles. The minimum atomic E-state index is -0.356. The molecule has 0 radical (unpaired) electrons. The van der Waals surface area contributed by atoms with E-state index in [1.54, 1.807) is 72.8 Å². The third-order valence-corrected chi connectivity index (χ3v) is 8.83. The van der Waals surface area contributed by atoms with Crippen LogP contribution < -0.4 is 16.0 Å². The molecule has 0 aliphatic heterocycles. The number of anilines is 6. The number of hydrogen-bond acceptors (Lipinski definition) is 12. The van der Waals surface area contributed by atoms with E-state index in [1.165, 1.54) is 0 Å². The summed E-state index contributed by atoms with van der Waals surface area (Å²) in [7, 11) is 0. The van der Waals surface area contributed by atoms with Crippen molar-refractivity contribution in [2.24, 2.45) is 22.9 Å². The standard InChI is InChI=1S/C40H51N7O5.C4H10/c1-5-9-11-28(7-3)26-51-36(48)31-15-21-34(22-16-31)43-39-45-38(42-33-19-13-30(14-20-33)25-41-50)46-40(47-39)44-35-23-17-32(18-24-35)37(49)52-27-29(8-4)12-10-6-2;1-4(2)3/h13-24,28-29H,5-12,25-27H2,1-4H3,(H3,42,43,44,45,46,47);4H,1-3H3. The molecule has 2 unspecified atom stereocenters. The van der Waals surface area contributed by atoms with Crippen molar-refractivity contribution >= 4 is 46.8 Å². The molecule has 1 heterocycles. The maximum Gasteiger partial charge on any atom is 0.338 e. The minimum absolute atomic E-state index is 0.0810. The van der Waals surface area contributed by atoms with E-state index < -0.39 is 0 Å². The van der Waals surface area contributed by atoms with E-state index in [0.29, 0.717) is 53.2 Å². The van der Waals surface area contributed by atoms with Crippen LogP contribution in [-0.2, 0) is 16.0 Å². The smallest absolute Gasteiger partial charge is 0.338 e. The summed E-state index contributed by atoms with van der Waals surface area (Å²) in [6.45, 7) is 16.0. The number of nitrogens with zero attached hydrogens (tertiary/aromatic N) is 4. The molecule has 56 heavy (non-hydrogen) atoms. The van der Waals surface area contributed by atoms with Gasteiger partial charge in [0.1, 0.15) is 6.54 Å². The molecule has 4 aromatic rings. The van der Waals surface area contributed by atoms with Crippen LogP contribution >= 0.6 is 0 Å². The fourth-order valence-corrected chi connectivity index (χ4v) is 5.43. The highest BCUT2D eigenvalue weighted by molar-refractivity contribution is 5.90. The number of esters is 2. The largest absolute Gasteiger partial charge is 0.462 e. The van der Waals surface area contributed by atoms with Crippen molar-refractivity contribution in [2.45, 2.75) is 106 Å². The SMILES string of the molecule is CC(C)C.CCCCC(CC)COC(=O)c1ccc(Nc2nc(Nc3ccc(CN=O)cc3)nc(Nc3ccc(C(=O)OCC(CC)CCCC)cc3)n2)cc1. The van der Waals surface area contributed by atoms with Gasteiger partial charge in [0.25, 0.3) is 0 Å². The molecule has 0 bridgehead atoms. The molecule has 0 saturated carbocycles. The van der Waals surface area contributed by atoms with Crippen molar-refractivity contribution in [3.05, 3.63) is 94.4 Å².